The molecule has 0 aliphatic rings. The van der Waals surface area contributed by atoms with E-state index < -0.39 is 23.6 Å². The van der Waals surface area contributed by atoms with Gasteiger partial charge in [0, 0.05) is 24.0 Å². The van der Waals surface area contributed by atoms with Crippen LogP contribution in [0, 0.1) is 0 Å². The summed E-state index contributed by atoms with van der Waals surface area (Å²) in [5, 5.41) is 10.9. The lowest BCUT2D eigenvalue weighted by molar-refractivity contribution is -0.118. The summed E-state index contributed by atoms with van der Waals surface area (Å²) in [6, 6.07) is 20.3. The number of aromatic nitrogens is 1. The Morgan fingerprint density at radius 3 is 2.11 bits per heavy atom. The maximum Gasteiger partial charge on any atom is 0.408 e. The fraction of sp³-hybridized carbons (Fsp3) is 0.259. The minimum absolute atomic E-state index is 0.294. The number of pyridine rings is 1. The number of carbonyl (C=O) groups excluding carboxylic acids is 3. The second-order valence-corrected chi connectivity index (χ2v) is 9.08. The van der Waals surface area contributed by atoms with Crippen molar-refractivity contribution in [3.05, 3.63) is 90.3 Å². The number of urea groups is 1. The predicted octanol–water partition coefficient (Wildman–Crippen LogP) is 4.48. The van der Waals surface area contributed by atoms with Gasteiger partial charge >= 0.3 is 12.1 Å². The molecule has 0 saturated heterocycles. The molecule has 3 rings (SSSR count). The van der Waals surface area contributed by atoms with Crippen molar-refractivity contribution in [3.8, 4) is 0 Å². The van der Waals surface area contributed by atoms with Gasteiger partial charge < -0.3 is 26.0 Å². The van der Waals surface area contributed by atoms with E-state index in [1.807, 2.05) is 42.5 Å². The minimum atomic E-state index is -0.850. The van der Waals surface area contributed by atoms with E-state index in [0.717, 1.165) is 11.3 Å². The minimum Gasteiger partial charge on any atom is -0.444 e. The zero-order valence-electron chi connectivity index (χ0n) is 20.6. The molecule has 1 heterocycles. The molecule has 0 saturated carbocycles. The zero-order valence-corrected chi connectivity index (χ0v) is 20.6. The van der Waals surface area contributed by atoms with E-state index >= 15 is 0 Å². The molecular weight excluding hydrogens is 458 g/mol. The number of anilines is 2. The number of benzene rings is 2. The maximum absolute atomic E-state index is 13.0. The van der Waals surface area contributed by atoms with Gasteiger partial charge in [-0.3, -0.25) is 9.78 Å². The van der Waals surface area contributed by atoms with Crippen LogP contribution in [-0.2, 0) is 22.5 Å². The number of ether oxygens (including phenoxy) is 1. The summed E-state index contributed by atoms with van der Waals surface area (Å²) < 4.78 is 5.33. The Balaban J connectivity index is 1.58. The molecule has 9 heteroatoms. The van der Waals surface area contributed by atoms with Crippen molar-refractivity contribution in [2.24, 2.45) is 0 Å². The molecule has 1 aromatic heterocycles. The molecule has 2 aromatic carbocycles. The van der Waals surface area contributed by atoms with E-state index in [4.69, 9.17) is 4.74 Å². The average Bonchev–Trinajstić information content (AvgIpc) is 2.84. The summed E-state index contributed by atoms with van der Waals surface area (Å²) in [6.07, 6.45) is 1.28. The van der Waals surface area contributed by atoms with Gasteiger partial charge in [0.15, 0.2) is 0 Å². The van der Waals surface area contributed by atoms with Crippen LogP contribution in [0.5, 0.6) is 0 Å². The van der Waals surface area contributed by atoms with Crippen LogP contribution in [0.3, 0.4) is 0 Å². The Bertz CT molecular complexity index is 1150. The van der Waals surface area contributed by atoms with Crippen LogP contribution in [0.15, 0.2) is 79.0 Å². The summed E-state index contributed by atoms with van der Waals surface area (Å²) in [4.78, 5) is 41.7. The number of nitrogens with zero attached hydrogens (tertiary/aromatic N) is 1. The van der Waals surface area contributed by atoms with Crippen molar-refractivity contribution in [2.45, 2.75) is 45.4 Å². The Morgan fingerprint density at radius 2 is 1.50 bits per heavy atom. The van der Waals surface area contributed by atoms with E-state index in [0.29, 0.717) is 24.3 Å². The third-order valence-electron chi connectivity index (χ3n) is 4.86. The topological polar surface area (TPSA) is 121 Å². The maximum atomic E-state index is 13.0. The van der Waals surface area contributed by atoms with Crippen LogP contribution < -0.4 is 21.3 Å². The van der Waals surface area contributed by atoms with Crippen molar-refractivity contribution in [3.63, 3.8) is 0 Å². The van der Waals surface area contributed by atoms with Gasteiger partial charge in [-0.1, -0.05) is 36.4 Å². The third-order valence-corrected chi connectivity index (χ3v) is 4.86. The molecule has 0 aliphatic carbocycles. The Labute approximate surface area is 210 Å². The third kappa shape index (κ3) is 9.09. The molecule has 0 unspecified atom stereocenters. The van der Waals surface area contributed by atoms with Crippen LogP contribution in [0.2, 0.25) is 0 Å². The van der Waals surface area contributed by atoms with E-state index in [-0.39, 0.29) is 6.03 Å². The largest absolute Gasteiger partial charge is 0.444 e. The highest BCUT2D eigenvalue weighted by molar-refractivity contribution is 5.97. The van der Waals surface area contributed by atoms with Crippen molar-refractivity contribution in [1.29, 1.82) is 0 Å². The number of alkyl carbamates (subject to hydrolysis) is 1. The summed E-state index contributed by atoms with van der Waals surface area (Å²) >= 11 is 0. The lowest BCUT2D eigenvalue weighted by Gasteiger charge is -2.23. The molecule has 0 bridgehead atoms. The Kier molecular flexibility index (Phi) is 8.99. The van der Waals surface area contributed by atoms with E-state index in [1.54, 1.807) is 57.3 Å². The first-order valence-electron chi connectivity index (χ1n) is 11.6. The van der Waals surface area contributed by atoms with E-state index in [9.17, 15) is 14.4 Å². The first-order chi connectivity index (χ1) is 17.2. The molecule has 188 valence electrons. The fourth-order valence-corrected chi connectivity index (χ4v) is 3.22. The Morgan fingerprint density at radius 1 is 0.861 bits per heavy atom. The lowest BCUT2D eigenvalue weighted by atomic mass is 10.1. The molecule has 1 atom stereocenters. The highest BCUT2D eigenvalue weighted by atomic mass is 16.6. The summed E-state index contributed by atoms with van der Waals surface area (Å²) in [7, 11) is 0. The Hall–Kier alpha value is -4.40. The van der Waals surface area contributed by atoms with E-state index in [1.165, 1.54) is 0 Å². The molecule has 0 fully saturated rings. The molecule has 4 amide bonds. The first-order valence-corrected chi connectivity index (χ1v) is 11.6. The number of nitrogens with one attached hydrogen (secondary N) is 4. The van der Waals surface area contributed by atoms with Gasteiger partial charge in [-0.15, -0.1) is 0 Å². The van der Waals surface area contributed by atoms with Crippen LogP contribution in [0.25, 0.3) is 0 Å². The van der Waals surface area contributed by atoms with Gasteiger partial charge in [-0.25, -0.2) is 9.59 Å². The van der Waals surface area contributed by atoms with Crippen molar-refractivity contribution >= 4 is 29.4 Å². The molecule has 9 nitrogen and oxygen atoms in total. The molecule has 0 radical (unpaired) electrons. The monoisotopic (exact) mass is 489 g/mol. The number of hydrogen-bond donors (Lipinski definition) is 4. The molecular formula is C27H31N5O4. The number of amides is 4. The summed E-state index contributed by atoms with van der Waals surface area (Å²) in [5.74, 6) is -0.390. The number of rotatable bonds is 8. The molecule has 0 aliphatic heterocycles. The quantitative estimate of drug-likeness (QED) is 0.372. The van der Waals surface area contributed by atoms with Crippen molar-refractivity contribution in [1.82, 2.24) is 15.6 Å². The molecule has 36 heavy (non-hydrogen) atoms. The van der Waals surface area contributed by atoms with Gasteiger partial charge in [0.05, 0.1) is 12.2 Å². The lowest BCUT2D eigenvalue weighted by Crippen LogP contribution is -2.47. The second-order valence-electron chi connectivity index (χ2n) is 9.08. The van der Waals surface area contributed by atoms with E-state index in [2.05, 4.69) is 26.3 Å². The molecule has 3 aromatic rings. The van der Waals surface area contributed by atoms with Gasteiger partial charge in [0.2, 0.25) is 5.91 Å². The summed E-state index contributed by atoms with van der Waals surface area (Å²) in [6.45, 7) is 5.57. The van der Waals surface area contributed by atoms with Crippen molar-refractivity contribution < 1.29 is 19.1 Å². The van der Waals surface area contributed by atoms with Gasteiger partial charge in [0.25, 0.3) is 0 Å². The van der Waals surface area contributed by atoms with Crippen LogP contribution in [0.1, 0.15) is 32.0 Å². The molecule has 0 spiro atoms. The standard InChI is InChI=1S/C27H31N5O4/c1-27(2,3)36-26(35)32-23(17-19-9-5-4-6-10-19)24(33)30-20-12-14-21(15-13-20)31-25(34)29-18-22-11-7-8-16-28-22/h4-16,23H,17-18H2,1-3H3,(H,30,33)(H,32,35)(H2,29,31,34)/t23-/m0/s1. The normalized spacial score (nSPS) is 11.6. The summed E-state index contributed by atoms with van der Waals surface area (Å²) in [5.41, 5.74) is 2.02. The van der Waals surface area contributed by atoms with Crippen LogP contribution in [0.4, 0.5) is 21.0 Å². The second kappa shape index (κ2) is 12.3. The predicted molar refractivity (Wildman–Crippen MR) is 138 cm³/mol. The SMILES string of the molecule is CC(C)(C)OC(=O)N[C@@H](Cc1ccccc1)C(=O)Nc1ccc(NC(=O)NCc2ccccn2)cc1. The fourth-order valence-electron chi connectivity index (χ4n) is 3.22. The number of hydrogen-bond acceptors (Lipinski definition) is 5. The smallest absolute Gasteiger partial charge is 0.408 e. The molecule has 4 N–H and O–H groups in total. The van der Waals surface area contributed by atoms with Gasteiger partial charge in [-0.05, 0) is 62.7 Å². The average molecular weight is 490 g/mol. The van der Waals surface area contributed by atoms with Crippen molar-refractivity contribution in [2.75, 3.05) is 10.6 Å². The highest BCUT2D eigenvalue weighted by Crippen LogP contribution is 2.15. The van der Waals surface area contributed by atoms with Gasteiger partial charge in [0.1, 0.15) is 11.6 Å². The van der Waals surface area contributed by atoms with Crippen LogP contribution in [-0.4, -0.2) is 34.7 Å². The number of carbonyl (C=O) groups is 3. The first kappa shape index (κ1) is 26.2. The zero-order chi connectivity index (χ0) is 26.0. The highest BCUT2D eigenvalue weighted by Gasteiger charge is 2.25. The van der Waals surface area contributed by atoms with Crippen LogP contribution >= 0.6 is 0 Å². The van der Waals surface area contributed by atoms with Gasteiger partial charge in [-0.2, -0.15) is 0 Å².